The first kappa shape index (κ1) is 26.7. The fraction of sp³-hybridized carbons (Fsp3) is 0.192. The number of pyridine rings is 1. The van der Waals surface area contributed by atoms with Crippen molar-refractivity contribution in [2.75, 3.05) is 12.4 Å². The molecule has 0 aliphatic rings. The zero-order valence-electron chi connectivity index (χ0n) is 19.9. The fourth-order valence-electron chi connectivity index (χ4n) is 3.54. The topological polar surface area (TPSA) is 78.3 Å². The summed E-state index contributed by atoms with van der Waals surface area (Å²) in [5, 5.41) is 2.45. The van der Waals surface area contributed by atoms with E-state index in [9.17, 15) is 26.7 Å². The molecular weight excluding hydrogens is 511 g/mol. The maximum absolute atomic E-state index is 13.7. The van der Waals surface area contributed by atoms with Crippen LogP contribution in [0.25, 0.3) is 0 Å². The Hall–Kier alpha value is -4.32. The Kier molecular flexibility index (Phi) is 8.31. The lowest BCUT2D eigenvalue weighted by atomic mass is 10.1. The lowest BCUT2D eigenvalue weighted by Gasteiger charge is -2.11. The second-order valence-electron chi connectivity index (χ2n) is 8.16. The van der Waals surface area contributed by atoms with Gasteiger partial charge in [-0.25, -0.2) is 26.9 Å². The Morgan fingerprint density at radius 2 is 1.71 bits per heavy atom. The van der Waals surface area contributed by atoms with Gasteiger partial charge in [-0.15, -0.1) is 0 Å². The number of rotatable bonds is 10. The molecular formula is C26H21F5N4O3. The van der Waals surface area contributed by atoms with E-state index in [0.717, 1.165) is 30.0 Å². The van der Waals surface area contributed by atoms with E-state index in [0.29, 0.717) is 5.75 Å². The first-order valence-electron chi connectivity index (χ1n) is 11.2. The molecule has 4 rings (SSSR count). The number of nitrogens with zero attached hydrogens (tertiary/aromatic N) is 3. The van der Waals surface area contributed by atoms with E-state index in [2.05, 4.69) is 15.3 Å². The number of ether oxygens (including phenoxy) is 2. The number of imidazole rings is 1. The molecule has 0 bridgehead atoms. The quantitative estimate of drug-likeness (QED) is 0.211. The maximum atomic E-state index is 13.7. The van der Waals surface area contributed by atoms with Crippen molar-refractivity contribution in [2.45, 2.75) is 26.2 Å². The van der Waals surface area contributed by atoms with Crippen molar-refractivity contribution >= 4 is 11.7 Å². The average molecular weight is 532 g/mol. The molecule has 0 unspecified atom stereocenters. The smallest absolute Gasteiger partial charge is 0.265 e. The predicted molar refractivity (Wildman–Crippen MR) is 126 cm³/mol. The van der Waals surface area contributed by atoms with Gasteiger partial charge in [0.25, 0.3) is 12.3 Å². The van der Waals surface area contributed by atoms with Crippen LogP contribution in [0.3, 0.4) is 0 Å². The third-order valence-corrected chi connectivity index (χ3v) is 5.45. The van der Waals surface area contributed by atoms with Crippen LogP contribution in [-0.2, 0) is 24.5 Å². The van der Waals surface area contributed by atoms with E-state index < -0.39 is 35.3 Å². The van der Waals surface area contributed by atoms with Crippen molar-refractivity contribution in [1.29, 1.82) is 0 Å². The number of benzene rings is 2. The summed E-state index contributed by atoms with van der Waals surface area (Å²) in [5.41, 5.74) is 0.365. The highest BCUT2D eigenvalue weighted by Crippen LogP contribution is 2.24. The van der Waals surface area contributed by atoms with Crippen LogP contribution < -0.4 is 10.1 Å². The molecule has 0 fully saturated rings. The predicted octanol–water partition coefficient (Wildman–Crippen LogP) is 5.66. The molecule has 0 spiro atoms. The number of carbonyl (C=O) groups excluding carboxylic acids is 1. The van der Waals surface area contributed by atoms with Crippen LogP contribution in [0, 0.1) is 17.5 Å². The molecule has 0 radical (unpaired) electrons. The van der Waals surface area contributed by atoms with E-state index in [-0.39, 0.29) is 42.4 Å². The molecule has 2 aromatic carbocycles. The van der Waals surface area contributed by atoms with E-state index in [1.807, 2.05) is 0 Å². The Labute approximate surface area is 213 Å². The number of hydrogen-bond donors (Lipinski definition) is 1. The van der Waals surface area contributed by atoms with Gasteiger partial charge in [-0.3, -0.25) is 9.78 Å². The molecule has 2 aromatic heterocycles. The molecule has 4 aromatic rings. The maximum Gasteiger partial charge on any atom is 0.265 e. The molecule has 198 valence electrons. The number of amides is 1. The minimum atomic E-state index is -2.90. The molecule has 0 saturated carbocycles. The summed E-state index contributed by atoms with van der Waals surface area (Å²) in [6.07, 6.45) is 0.889. The summed E-state index contributed by atoms with van der Waals surface area (Å²) in [7, 11) is 1.54. The van der Waals surface area contributed by atoms with Crippen LogP contribution in [0.1, 0.15) is 39.2 Å². The van der Waals surface area contributed by atoms with Crippen molar-refractivity contribution in [3.63, 3.8) is 0 Å². The summed E-state index contributed by atoms with van der Waals surface area (Å²) in [4.78, 5) is 20.6. The number of halogens is 5. The van der Waals surface area contributed by atoms with Crippen molar-refractivity contribution in [1.82, 2.24) is 14.5 Å². The third kappa shape index (κ3) is 6.51. The first-order chi connectivity index (χ1) is 18.2. The van der Waals surface area contributed by atoms with Crippen molar-refractivity contribution in [3.8, 4) is 5.75 Å². The lowest BCUT2D eigenvalue weighted by molar-refractivity contribution is 0.0965. The van der Waals surface area contributed by atoms with Gasteiger partial charge in [0.05, 0.1) is 37.9 Å². The monoisotopic (exact) mass is 532 g/mol. The van der Waals surface area contributed by atoms with Gasteiger partial charge in [-0.1, -0.05) is 12.1 Å². The summed E-state index contributed by atoms with van der Waals surface area (Å²) in [6.45, 7) is -0.0850. The van der Waals surface area contributed by atoms with Crippen molar-refractivity contribution < 1.29 is 36.2 Å². The lowest BCUT2D eigenvalue weighted by Crippen LogP contribution is -2.14. The second-order valence-corrected chi connectivity index (χ2v) is 8.16. The number of nitrogens with one attached hydrogen (secondary N) is 1. The summed E-state index contributed by atoms with van der Waals surface area (Å²) in [6, 6.07) is 9.78. The van der Waals surface area contributed by atoms with E-state index in [4.69, 9.17) is 9.47 Å². The number of alkyl halides is 2. The molecule has 12 heteroatoms. The normalized spacial score (nSPS) is 11.1. The Morgan fingerprint density at radius 3 is 2.37 bits per heavy atom. The molecule has 0 saturated heterocycles. The Morgan fingerprint density at radius 1 is 1.00 bits per heavy atom. The SMILES string of the molecule is COc1ccc(COCc2ncc(C(=O)Nc3cn(Cc4cc(F)c(F)c(F)c4)cn3)cc2C(F)F)cc1. The molecule has 2 heterocycles. The standard InChI is InChI=1S/C26H21F5N4O3/c1-37-18-4-2-15(3-5-18)12-38-13-22-19(25(30)31)8-17(9-32-22)26(36)34-23-11-35(14-33-23)10-16-6-20(27)24(29)21(28)7-16/h2-9,11,14,25H,10,12-13H2,1H3,(H,34,36). The van der Waals surface area contributed by atoms with Crippen LogP contribution in [0.2, 0.25) is 0 Å². The van der Waals surface area contributed by atoms with Gasteiger partial charge in [0.15, 0.2) is 23.3 Å². The molecule has 7 nitrogen and oxygen atoms in total. The van der Waals surface area contributed by atoms with Gasteiger partial charge >= 0.3 is 0 Å². The highest BCUT2D eigenvalue weighted by molar-refractivity contribution is 6.03. The van der Waals surface area contributed by atoms with Gasteiger partial charge in [0.2, 0.25) is 0 Å². The minimum Gasteiger partial charge on any atom is -0.497 e. The average Bonchev–Trinajstić information content (AvgIpc) is 3.34. The third-order valence-electron chi connectivity index (χ3n) is 5.45. The molecule has 0 aliphatic carbocycles. The van der Waals surface area contributed by atoms with Gasteiger partial charge < -0.3 is 19.4 Å². The molecule has 38 heavy (non-hydrogen) atoms. The highest BCUT2D eigenvalue weighted by atomic mass is 19.3. The molecule has 1 N–H and O–H groups in total. The number of methoxy groups -OCH3 is 1. The zero-order valence-corrected chi connectivity index (χ0v) is 19.9. The van der Waals surface area contributed by atoms with Crippen LogP contribution >= 0.6 is 0 Å². The molecule has 1 amide bonds. The summed E-state index contributed by atoms with van der Waals surface area (Å²) in [5.74, 6) is -4.23. The fourth-order valence-corrected chi connectivity index (χ4v) is 3.54. The number of anilines is 1. The van der Waals surface area contributed by atoms with Gasteiger partial charge in [-0.05, 0) is 41.5 Å². The molecule has 0 atom stereocenters. The summed E-state index contributed by atoms with van der Waals surface area (Å²) < 4.78 is 79.4. The van der Waals surface area contributed by atoms with Gasteiger partial charge in [0, 0.05) is 24.5 Å². The van der Waals surface area contributed by atoms with E-state index in [1.165, 1.54) is 17.1 Å². The van der Waals surface area contributed by atoms with Crippen LogP contribution in [0.5, 0.6) is 5.75 Å². The van der Waals surface area contributed by atoms with Gasteiger partial charge in [0.1, 0.15) is 5.75 Å². The zero-order chi connectivity index (χ0) is 27.2. The van der Waals surface area contributed by atoms with Crippen LogP contribution in [-0.4, -0.2) is 27.6 Å². The largest absolute Gasteiger partial charge is 0.497 e. The Balaban J connectivity index is 1.39. The van der Waals surface area contributed by atoms with E-state index >= 15 is 0 Å². The van der Waals surface area contributed by atoms with Crippen LogP contribution in [0.15, 0.2) is 61.2 Å². The number of hydrogen-bond acceptors (Lipinski definition) is 5. The highest BCUT2D eigenvalue weighted by Gasteiger charge is 2.19. The van der Waals surface area contributed by atoms with E-state index in [1.54, 1.807) is 31.4 Å². The van der Waals surface area contributed by atoms with Crippen molar-refractivity contribution in [3.05, 3.63) is 107 Å². The first-order valence-corrected chi connectivity index (χ1v) is 11.2. The minimum absolute atomic E-state index is 0.00639. The van der Waals surface area contributed by atoms with Crippen LogP contribution in [0.4, 0.5) is 27.8 Å². The van der Waals surface area contributed by atoms with Crippen molar-refractivity contribution in [2.24, 2.45) is 0 Å². The number of aromatic nitrogens is 3. The Bertz CT molecular complexity index is 1400. The second kappa shape index (κ2) is 11.8. The number of carbonyl (C=O) groups is 1. The summed E-state index contributed by atoms with van der Waals surface area (Å²) >= 11 is 0. The molecule has 0 aliphatic heterocycles. The van der Waals surface area contributed by atoms with Gasteiger partial charge in [-0.2, -0.15) is 0 Å².